The molecule has 0 aromatic carbocycles. The van der Waals surface area contributed by atoms with Crippen LogP contribution in [0.3, 0.4) is 0 Å². The number of aliphatic hydroxyl groups excluding tert-OH is 9. The van der Waals surface area contributed by atoms with Gasteiger partial charge in [-0.3, -0.25) is 9.59 Å². The Hall–Kier alpha value is -2.72. The molecule has 4 amide bonds. The van der Waals surface area contributed by atoms with Gasteiger partial charge in [-0.1, -0.05) is 0 Å². The second-order valence-electron chi connectivity index (χ2n) is 12.5. The molecule has 52 heavy (non-hydrogen) atoms. The first-order valence-corrected chi connectivity index (χ1v) is 16.7. The van der Waals surface area contributed by atoms with Crippen LogP contribution in [0, 0.1) is 0 Å². The highest BCUT2D eigenvalue weighted by atomic mass is 16.7. The molecule has 298 valence electrons. The number of hydroxylamine groups is 2. The standard InChI is InChI=1S/C29H47N3O20/c33-9-14-19(38)22(41)24(43)27(50-14)47-11-12-8-13(49-28-25(44)23(42)20(39)15(10-34)51-28)21(40)26(48-12)46-7-6-31-29(45)30-5-1-2-18(37)52-32-16(35)3-4-17(32)36/h12-15,19-28,33-34,38-44H,1-11H2,(H2,30,31,45)/t12?,13?,14?,15?,19-,20-,21?,22?,23?,24?,25?,26?,27+,28+/m1/s1. The van der Waals surface area contributed by atoms with E-state index in [1.54, 1.807) is 0 Å². The number of carbonyl (C=O) groups is 4. The highest BCUT2D eigenvalue weighted by Gasteiger charge is 2.49. The summed E-state index contributed by atoms with van der Waals surface area (Å²) in [7, 11) is 0. The van der Waals surface area contributed by atoms with E-state index in [2.05, 4.69) is 10.6 Å². The van der Waals surface area contributed by atoms with Crippen molar-refractivity contribution in [1.29, 1.82) is 0 Å². The molecule has 10 unspecified atom stereocenters. The topological polar surface area (TPSA) is 342 Å². The number of nitrogens with zero attached hydrogens (tertiary/aromatic N) is 1. The molecule has 11 N–H and O–H groups in total. The average Bonchev–Trinajstić information content (AvgIpc) is 3.44. The van der Waals surface area contributed by atoms with Gasteiger partial charge in [0.15, 0.2) is 18.9 Å². The smallest absolute Gasteiger partial charge is 0.333 e. The van der Waals surface area contributed by atoms with Crippen molar-refractivity contribution < 1.29 is 98.4 Å². The Morgan fingerprint density at radius 1 is 0.712 bits per heavy atom. The van der Waals surface area contributed by atoms with Crippen LogP contribution in [0.25, 0.3) is 0 Å². The van der Waals surface area contributed by atoms with Crippen molar-refractivity contribution in [3.05, 3.63) is 0 Å². The van der Waals surface area contributed by atoms with Gasteiger partial charge >= 0.3 is 12.0 Å². The molecule has 23 heteroatoms. The number of rotatable bonds is 16. The zero-order valence-corrected chi connectivity index (χ0v) is 27.8. The molecule has 23 nitrogen and oxygen atoms in total. The maximum Gasteiger partial charge on any atom is 0.333 e. The molecule has 0 aromatic heterocycles. The lowest BCUT2D eigenvalue weighted by Gasteiger charge is -2.44. The van der Waals surface area contributed by atoms with Gasteiger partial charge in [-0.25, -0.2) is 9.59 Å². The normalized spacial score (nSPS) is 38.3. The van der Waals surface area contributed by atoms with Gasteiger partial charge in [0.05, 0.1) is 38.6 Å². The number of urea groups is 1. The van der Waals surface area contributed by atoms with Gasteiger partial charge in [0.2, 0.25) is 0 Å². The number of ether oxygens (including phenoxy) is 6. The molecule has 4 saturated heterocycles. The second kappa shape index (κ2) is 19.6. The first-order valence-electron chi connectivity index (χ1n) is 16.7. The van der Waals surface area contributed by atoms with Crippen LogP contribution < -0.4 is 10.6 Å². The van der Waals surface area contributed by atoms with Crippen LogP contribution in [0.5, 0.6) is 0 Å². The Kier molecular flexibility index (Phi) is 15.8. The number of amides is 4. The third-order valence-electron chi connectivity index (χ3n) is 8.65. The Balaban J connectivity index is 1.27. The van der Waals surface area contributed by atoms with Gasteiger partial charge in [-0.15, -0.1) is 5.06 Å². The molecule has 0 aliphatic carbocycles. The Morgan fingerprint density at radius 3 is 1.88 bits per heavy atom. The van der Waals surface area contributed by atoms with Crippen LogP contribution in [-0.4, -0.2) is 200 Å². The minimum absolute atomic E-state index is 0.0290. The molecule has 0 radical (unpaired) electrons. The van der Waals surface area contributed by atoms with Crippen molar-refractivity contribution in [2.75, 3.05) is 39.5 Å². The number of nitrogens with one attached hydrogen (secondary N) is 2. The zero-order chi connectivity index (χ0) is 38.1. The number of aliphatic hydroxyl groups is 9. The molecule has 4 aliphatic heterocycles. The number of hydrogen-bond acceptors (Lipinski definition) is 20. The van der Waals surface area contributed by atoms with Crippen LogP contribution >= 0.6 is 0 Å². The molecule has 0 saturated carbocycles. The van der Waals surface area contributed by atoms with Crippen molar-refractivity contribution in [3.63, 3.8) is 0 Å². The van der Waals surface area contributed by atoms with E-state index in [1.807, 2.05) is 0 Å². The first-order chi connectivity index (χ1) is 24.7. The van der Waals surface area contributed by atoms with Crippen LogP contribution in [0.2, 0.25) is 0 Å². The van der Waals surface area contributed by atoms with Gasteiger partial charge < -0.3 is 89.9 Å². The van der Waals surface area contributed by atoms with Gasteiger partial charge in [-0.05, 0) is 6.42 Å². The highest BCUT2D eigenvalue weighted by molar-refractivity contribution is 6.01. The fourth-order valence-corrected chi connectivity index (χ4v) is 5.68. The van der Waals surface area contributed by atoms with E-state index in [4.69, 9.17) is 33.3 Å². The van der Waals surface area contributed by atoms with Gasteiger partial charge in [0.25, 0.3) is 11.8 Å². The molecule has 0 bridgehead atoms. The summed E-state index contributed by atoms with van der Waals surface area (Å²) >= 11 is 0. The predicted octanol–water partition coefficient (Wildman–Crippen LogP) is -6.83. The lowest BCUT2D eigenvalue weighted by molar-refractivity contribution is -0.348. The van der Waals surface area contributed by atoms with E-state index in [0.717, 1.165) is 0 Å². The average molecular weight is 758 g/mol. The molecule has 4 aliphatic rings. The quantitative estimate of drug-likeness (QED) is 0.0515. The van der Waals surface area contributed by atoms with Gasteiger partial charge in [0.1, 0.15) is 54.9 Å². The predicted molar refractivity (Wildman–Crippen MR) is 161 cm³/mol. The van der Waals surface area contributed by atoms with Gasteiger partial charge in [0, 0.05) is 38.8 Å². The molecular weight excluding hydrogens is 710 g/mol. The maximum absolute atomic E-state index is 12.2. The highest BCUT2D eigenvalue weighted by Crippen LogP contribution is 2.30. The monoisotopic (exact) mass is 757 g/mol. The molecule has 4 fully saturated rings. The SMILES string of the molecule is O=C(NCCCC(=O)ON1C(=O)CCC1=O)NCCOC1OC(CO[C@H]2OC(CO)[C@@H](O)C(O)C2O)CC(O[C@H]2OC(CO)[C@@H](O)C(O)C2O)C1O. The second-order valence-corrected chi connectivity index (χ2v) is 12.5. The maximum atomic E-state index is 12.2. The number of hydrogen-bond donors (Lipinski definition) is 11. The van der Waals surface area contributed by atoms with E-state index < -0.39 is 130 Å². The minimum Gasteiger partial charge on any atom is -0.394 e. The molecule has 0 spiro atoms. The third kappa shape index (κ3) is 10.7. The summed E-state index contributed by atoms with van der Waals surface area (Å²) in [6, 6.07) is -0.651. The lowest BCUT2D eigenvalue weighted by Crippen LogP contribution is -2.62. The molecule has 4 rings (SSSR count). The van der Waals surface area contributed by atoms with Crippen molar-refractivity contribution >= 4 is 23.8 Å². The summed E-state index contributed by atoms with van der Waals surface area (Å²) in [5, 5.41) is 96.6. The number of carbonyl (C=O) groups excluding carboxylic acids is 4. The molecular formula is C29H47N3O20. The van der Waals surface area contributed by atoms with E-state index >= 15 is 0 Å². The number of imide groups is 1. The Labute approximate surface area is 295 Å². The fourth-order valence-electron chi connectivity index (χ4n) is 5.68. The summed E-state index contributed by atoms with van der Waals surface area (Å²) in [6.07, 6.45) is -21.7. The van der Waals surface area contributed by atoms with Crippen LogP contribution in [0.15, 0.2) is 0 Å². The third-order valence-corrected chi connectivity index (χ3v) is 8.65. The summed E-state index contributed by atoms with van der Waals surface area (Å²) in [5.41, 5.74) is 0. The molecule has 4 heterocycles. The first kappa shape index (κ1) is 42.0. The van der Waals surface area contributed by atoms with E-state index in [1.165, 1.54) is 0 Å². The van der Waals surface area contributed by atoms with E-state index in [-0.39, 0.29) is 51.8 Å². The van der Waals surface area contributed by atoms with E-state index in [9.17, 15) is 65.1 Å². The zero-order valence-electron chi connectivity index (χ0n) is 27.8. The Morgan fingerprint density at radius 2 is 1.27 bits per heavy atom. The summed E-state index contributed by atoms with van der Waals surface area (Å²) in [6.45, 7) is -2.17. The fraction of sp³-hybridized carbons (Fsp3) is 0.862. The van der Waals surface area contributed by atoms with Crippen molar-refractivity contribution in [2.45, 2.75) is 118 Å². The summed E-state index contributed by atoms with van der Waals surface area (Å²) in [5.74, 6) is -2.05. The summed E-state index contributed by atoms with van der Waals surface area (Å²) in [4.78, 5) is 51.9. The Bertz CT molecular complexity index is 1180. The van der Waals surface area contributed by atoms with Gasteiger partial charge in [-0.2, -0.15) is 0 Å². The molecule has 14 atom stereocenters. The van der Waals surface area contributed by atoms with Crippen molar-refractivity contribution in [3.8, 4) is 0 Å². The largest absolute Gasteiger partial charge is 0.394 e. The van der Waals surface area contributed by atoms with Crippen molar-refractivity contribution in [1.82, 2.24) is 15.7 Å². The molecule has 0 aromatic rings. The minimum atomic E-state index is -1.80. The van der Waals surface area contributed by atoms with E-state index in [0.29, 0.717) is 5.06 Å². The van der Waals surface area contributed by atoms with Crippen LogP contribution in [0.4, 0.5) is 4.79 Å². The summed E-state index contributed by atoms with van der Waals surface area (Å²) < 4.78 is 33.5. The van der Waals surface area contributed by atoms with Crippen LogP contribution in [0.1, 0.15) is 32.1 Å². The lowest BCUT2D eigenvalue weighted by atomic mass is 9.98. The van der Waals surface area contributed by atoms with Crippen molar-refractivity contribution in [2.24, 2.45) is 0 Å². The van der Waals surface area contributed by atoms with Crippen LogP contribution in [-0.2, 0) is 47.6 Å².